The van der Waals surface area contributed by atoms with Crippen molar-refractivity contribution in [3.05, 3.63) is 24.3 Å². The van der Waals surface area contributed by atoms with Crippen LogP contribution < -0.4 is 0 Å². The second-order valence-electron chi connectivity index (χ2n) is 9.55. The van der Waals surface area contributed by atoms with Crippen LogP contribution in [0.15, 0.2) is 18.6 Å². The molecule has 2 amide bonds. The molecule has 0 radical (unpaired) electrons. The molecule has 6 rings (SSSR count). The molecule has 1 aromatic rings. The average molecular weight is 447 g/mol. The summed E-state index contributed by atoms with van der Waals surface area (Å²) in [6, 6.07) is 0. The van der Waals surface area contributed by atoms with Gasteiger partial charge < -0.3 is 9.80 Å². The van der Waals surface area contributed by atoms with Gasteiger partial charge in [0.15, 0.2) is 0 Å². The lowest BCUT2D eigenvalue weighted by Crippen LogP contribution is -2.55. The predicted molar refractivity (Wildman–Crippen MR) is 108 cm³/mol. The van der Waals surface area contributed by atoms with E-state index in [1.54, 1.807) is 11.1 Å². The number of carbonyl (C=O) groups is 2. The number of amides is 2. The summed E-state index contributed by atoms with van der Waals surface area (Å²) in [5.41, 5.74) is 0.579. The average Bonchev–Trinajstić information content (AvgIpc) is 2.66. The van der Waals surface area contributed by atoms with E-state index in [0.717, 1.165) is 18.3 Å². The fourth-order valence-corrected chi connectivity index (χ4v) is 8.22. The summed E-state index contributed by atoms with van der Waals surface area (Å²) >= 11 is 4.04. The highest BCUT2D eigenvalue weighted by Gasteiger charge is 2.57. The van der Waals surface area contributed by atoms with E-state index in [4.69, 9.17) is 0 Å². The number of rotatable bonds is 3. The maximum atomic E-state index is 13.1. The van der Waals surface area contributed by atoms with Crippen molar-refractivity contribution in [3.63, 3.8) is 0 Å². The fourth-order valence-electron chi connectivity index (χ4n) is 6.71. The van der Waals surface area contributed by atoms with Gasteiger partial charge in [-0.1, -0.05) is 15.9 Å². The van der Waals surface area contributed by atoms with Crippen LogP contribution in [-0.4, -0.2) is 62.1 Å². The quantitative estimate of drug-likeness (QED) is 0.669. The zero-order valence-electron chi connectivity index (χ0n) is 16.1. The zero-order chi connectivity index (χ0) is 19.4. The highest BCUT2D eigenvalue weighted by atomic mass is 79.9. The predicted octanol–water partition coefficient (Wildman–Crippen LogP) is 2.89. The Morgan fingerprint density at radius 3 is 2.32 bits per heavy atom. The van der Waals surface area contributed by atoms with Gasteiger partial charge in [-0.15, -0.1) is 0 Å². The van der Waals surface area contributed by atoms with Crippen LogP contribution in [0.25, 0.3) is 0 Å². The molecule has 6 nitrogen and oxygen atoms in total. The Hall–Kier alpha value is -1.50. The van der Waals surface area contributed by atoms with Gasteiger partial charge in [0.25, 0.3) is 5.91 Å². The molecule has 2 heterocycles. The number of halogens is 1. The van der Waals surface area contributed by atoms with Crippen LogP contribution in [0.1, 0.15) is 55.4 Å². The van der Waals surface area contributed by atoms with Gasteiger partial charge in [-0.3, -0.25) is 14.6 Å². The highest BCUT2D eigenvalue weighted by molar-refractivity contribution is 9.10. The van der Waals surface area contributed by atoms with Gasteiger partial charge in [-0.2, -0.15) is 0 Å². The van der Waals surface area contributed by atoms with Gasteiger partial charge in [0.2, 0.25) is 5.91 Å². The van der Waals surface area contributed by atoms with Gasteiger partial charge in [0.1, 0.15) is 5.69 Å². The van der Waals surface area contributed by atoms with E-state index in [1.807, 2.05) is 4.90 Å². The van der Waals surface area contributed by atoms with Gasteiger partial charge >= 0.3 is 0 Å². The smallest absolute Gasteiger partial charge is 0.274 e. The van der Waals surface area contributed by atoms with Crippen LogP contribution in [0.2, 0.25) is 0 Å². The Balaban J connectivity index is 1.19. The highest BCUT2D eigenvalue weighted by Crippen LogP contribution is 2.65. The van der Waals surface area contributed by atoms with Crippen LogP contribution >= 0.6 is 15.9 Å². The molecule has 28 heavy (non-hydrogen) atoms. The van der Waals surface area contributed by atoms with E-state index < -0.39 is 0 Å². The van der Waals surface area contributed by atoms with Crippen molar-refractivity contribution >= 4 is 27.7 Å². The molecular weight excluding hydrogens is 420 g/mol. The molecule has 150 valence electrons. The first-order valence-electron chi connectivity index (χ1n) is 10.5. The molecule has 1 aromatic heterocycles. The first kappa shape index (κ1) is 18.5. The molecule has 2 unspecified atom stereocenters. The number of alkyl halides is 1. The summed E-state index contributed by atoms with van der Waals surface area (Å²) in [5, 5.41) is 0. The number of nitrogens with zero attached hydrogens (tertiary/aromatic N) is 4. The molecular formula is C21H27BrN4O2. The van der Waals surface area contributed by atoms with E-state index >= 15 is 0 Å². The molecule has 4 bridgehead atoms. The monoisotopic (exact) mass is 446 g/mol. The maximum Gasteiger partial charge on any atom is 0.274 e. The third-order valence-corrected chi connectivity index (χ3v) is 8.27. The van der Waals surface area contributed by atoms with Gasteiger partial charge in [-0.05, 0) is 55.8 Å². The number of hydrogen-bond acceptors (Lipinski definition) is 4. The SMILES string of the molecule is O=C(CC12CC3CC(CC(Br)(C3)C1)C2)N1CCN(C(=O)c2cnccn2)CC1. The molecule has 1 saturated heterocycles. The Morgan fingerprint density at radius 2 is 1.71 bits per heavy atom. The third kappa shape index (κ3) is 3.36. The van der Waals surface area contributed by atoms with E-state index in [-0.39, 0.29) is 17.2 Å². The Morgan fingerprint density at radius 1 is 1.04 bits per heavy atom. The van der Waals surface area contributed by atoms with E-state index in [2.05, 4.69) is 25.9 Å². The Kier molecular flexibility index (Phi) is 4.49. The van der Waals surface area contributed by atoms with Crippen molar-refractivity contribution < 1.29 is 9.59 Å². The fraction of sp³-hybridized carbons (Fsp3) is 0.714. The summed E-state index contributed by atoms with van der Waals surface area (Å²) in [6.07, 6.45) is 12.9. The van der Waals surface area contributed by atoms with E-state index in [0.29, 0.717) is 42.6 Å². The summed E-state index contributed by atoms with van der Waals surface area (Å²) < 4.78 is 0.291. The Labute approximate surface area is 174 Å². The number of carbonyl (C=O) groups excluding carboxylic acids is 2. The molecule has 0 spiro atoms. The molecule has 4 saturated carbocycles. The minimum absolute atomic E-state index is 0.0949. The molecule has 5 fully saturated rings. The summed E-state index contributed by atoms with van der Waals surface area (Å²) in [6.45, 7) is 2.38. The van der Waals surface area contributed by atoms with Crippen LogP contribution in [0.3, 0.4) is 0 Å². The van der Waals surface area contributed by atoms with Gasteiger partial charge in [-0.25, -0.2) is 4.98 Å². The summed E-state index contributed by atoms with van der Waals surface area (Å²) in [7, 11) is 0. The zero-order valence-corrected chi connectivity index (χ0v) is 17.7. The van der Waals surface area contributed by atoms with Crippen LogP contribution in [0.5, 0.6) is 0 Å². The van der Waals surface area contributed by atoms with Crippen LogP contribution in [-0.2, 0) is 4.79 Å². The Bertz CT molecular complexity index is 764. The minimum atomic E-state index is -0.0949. The molecule has 5 aliphatic rings. The lowest BCUT2D eigenvalue weighted by molar-refractivity contribution is -0.139. The molecule has 0 aromatic carbocycles. The lowest BCUT2D eigenvalue weighted by atomic mass is 9.48. The topological polar surface area (TPSA) is 66.4 Å². The van der Waals surface area contributed by atoms with Crippen molar-refractivity contribution in [2.24, 2.45) is 17.3 Å². The van der Waals surface area contributed by atoms with Crippen molar-refractivity contribution in [2.45, 2.75) is 49.3 Å². The molecule has 0 N–H and O–H groups in total. The third-order valence-electron chi connectivity index (χ3n) is 7.34. The first-order chi connectivity index (χ1) is 13.4. The standard InChI is InChI=1S/C21H27BrN4O2/c22-21-10-15-7-16(11-21)9-20(8-15,14-21)12-18(27)25-3-5-26(6-4-25)19(28)17-13-23-1-2-24-17/h1-2,13,15-16H,3-12,14H2. The normalized spacial score (nSPS) is 36.6. The van der Waals surface area contributed by atoms with Crippen LogP contribution in [0, 0.1) is 17.3 Å². The van der Waals surface area contributed by atoms with Gasteiger partial charge in [0, 0.05) is 49.3 Å². The second kappa shape index (κ2) is 6.78. The van der Waals surface area contributed by atoms with Gasteiger partial charge in [0.05, 0.1) is 6.20 Å². The van der Waals surface area contributed by atoms with E-state index in [9.17, 15) is 9.59 Å². The van der Waals surface area contributed by atoms with E-state index in [1.165, 1.54) is 44.5 Å². The summed E-state index contributed by atoms with van der Waals surface area (Å²) in [4.78, 5) is 37.5. The first-order valence-corrected chi connectivity index (χ1v) is 11.3. The second-order valence-corrected chi connectivity index (χ2v) is 11.2. The number of piperazine rings is 1. The molecule has 7 heteroatoms. The number of aromatic nitrogens is 2. The molecule has 4 aliphatic carbocycles. The molecule has 1 aliphatic heterocycles. The maximum absolute atomic E-state index is 13.1. The molecule has 2 atom stereocenters. The van der Waals surface area contributed by atoms with Crippen molar-refractivity contribution in [3.8, 4) is 0 Å². The lowest BCUT2D eigenvalue weighted by Gasteiger charge is -2.60. The minimum Gasteiger partial charge on any atom is -0.339 e. The van der Waals surface area contributed by atoms with Crippen molar-refractivity contribution in [1.82, 2.24) is 19.8 Å². The number of hydrogen-bond donors (Lipinski definition) is 0. The van der Waals surface area contributed by atoms with Crippen molar-refractivity contribution in [1.29, 1.82) is 0 Å². The summed E-state index contributed by atoms with van der Waals surface area (Å²) in [5.74, 6) is 1.79. The van der Waals surface area contributed by atoms with Crippen LogP contribution in [0.4, 0.5) is 0 Å². The van der Waals surface area contributed by atoms with Crippen molar-refractivity contribution in [2.75, 3.05) is 26.2 Å². The largest absolute Gasteiger partial charge is 0.339 e.